The lowest BCUT2D eigenvalue weighted by Crippen LogP contribution is -2.02. The lowest BCUT2D eigenvalue weighted by Gasteiger charge is -1.95. The Labute approximate surface area is 106 Å². The topological polar surface area (TPSA) is 34.1 Å². The van der Waals surface area contributed by atoms with Crippen LogP contribution in [0, 0.1) is 5.92 Å². The first-order valence-electron chi connectivity index (χ1n) is 5.60. The SMILES string of the molecule is CC(C)C(=O)/C=C/C(F)F.CCC(=O)/C=C/CF. The van der Waals surface area contributed by atoms with Gasteiger partial charge < -0.3 is 0 Å². The largest absolute Gasteiger partial charge is 0.295 e. The summed E-state index contributed by atoms with van der Waals surface area (Å²) in [6, 6.07) is 0. The first-order chi connectivity index (χ1) is 8.34. The minimum Gasteiger partial charge on any atom is -0.295 e. The molecule has 0 saturated heterocycles. The van der Waals surface area contributed by atoms with Crippen LogP contribution < -0.4 is 0 Å². The summed E-state index contributed by atoms with van der Waals surface area (Å²) in [4.78, 5) is 20.9. The van der Waals surface area contributed by atoms with Gasteiger partial charge in [0, 0.05) is 12.3 Å². The molecule has 2 nitrogen and oxygen atoms in total. The summed E-state index contributed by atoms with van der Waals surface area (Å²) < 4.78 is 34.1. The standard InChI is InChI=1S/C7H10F2O.C6H9FO/c1-5(2)6(10)3-4-7(8)9;1-2-6(8)4-3-5-7/h3-5,7H,1-2H3;3-4H,2,5H2,1H3/b2*4-3+. The van der Waals surface area contributed by atoms with Gasteiger partial charge in [0.05, 0.1) is 0 Å². The van der Waals surface area contributed by atoms with Gasteiger partial charge in [-0.25, -0.2) is 13.2 Å². The van der Waals surface area contributed by atoms with E-state index in [1.54, 1.807) is 20.8 Å². The van der Waals surface area contributed by atoms with Crippen molar-refractivity contribution in [3.63, 3.8) is 0 Å². The van der Waals surface area contributed by atoms with Crippen LogP contribution in [0.15, 0.2) is 24.3 Å². The van der Waals surface area contributed by atoms with Gasteiger partial charge in [-0.1, -0.05) is 26.8 Å². The lowest BCUT2D eigenvalue weighted by atomic mass is 10.1. The minimum absolute atomic E-state index is 0.0253. The highest BCUT2D eigenvalue weighted by atomic mass is 19.3. The first kappa shape index (κ1) is 19.0. The predicted octanol–water partition coefficient (Wildman–Crippen LogP) is 3.52. The second kappa shape index (κ2) is 12.1. The van der Waals surface area contributed by atoms with Crippen molar-refractivity contribution >= 4 is 11.6 Å². The molecule has 0 unspecified atom stereocenters. The summed E-state index contributed by atoms with van der Waals surface area (Å²) >= 11 is 0. The van der Waals surface area contributed by atoms with Crippen LogP contribution in [0.5, 0.6) is 0 Å². The van der Waals surface area contributed by atoms with Crippen LogP contribution in [-0.4, -0.2) is 24.7 Å². The third-order valence-electron chi connectivity index (χ3n) is 1.72. The maximum atomic E-state index is 11.4. The monoisotopic (exact) mass is 264 g/mol. The predicted molar refractivity (Wildman–Crippen MR) is 65.4 cm³/mol. The Bertz CT molecular complexity index is 295. The molecular weight excluding hydrogens is 245 g/mol. The molecule has 0 aromatic carbocycles. The second-order valence-electron chi connectivity index (χ2n) is 3.63. The summed E-state index contributed by atoms with van der Waals surface area (Å²) in [6.45, 7) is 4.52. The van der Waals surface area contributed by atoms with Crippen molar-refractivity contribution in [1.82, 2.24) is 0 Å². The summed E-state index contributed by atoms with van der Waals surface area (Å²) in [7, 11) is 0. The van der Waals surface area contributed by atoms with Gasteiger partial charge in [0.25, 0.3) is 6.43 Å². The van der Waals surface area contributed by atoms with Crippen LogP contribution >= 0.6 is 0 Å². The fourth-order valence-corrected chi connectivity index (χ4v) is 0.654. The van der Waals surface area contributed by atoms with Crippen molar-refractivity contribution in [3.8, 4) is 0 Å². The van der Waals surface area contributed by atoms with Crippen molar-refractivity contribution in [2.45, 2.75) is 33.6 Å². The Morgan fingerprint density at radius 2 is 1.72 bits per heavy atom. The number of carbonyl (C=O) groups is 2. The maximum absolute atomic E-state index is 11.4. The van der Waals surface area contributed by atoms with Crippen LogP contribution in [0.1, 0.15) is 27.2 Å². The second-order valence-corrected chi connectivity index (χ2v) is 3.63. The van der Waals surface area contributed by atoms with Gasteiger partial charge in [-0.3, -0.25) is 9.59 Å². The van der Waals surface area contributed by atoms with E-state index in [9.17, 15) is 22.8 Å². The molecule has 0 aliphatic rings. The molecule has 0 aromatic heterocycles. The van der Waals surface area contributed by atoms with E-state index < -0.39 is 13.1 Å². The van der Waals surface area contributed by atoms with Gasteiger partial charge in [0.2, 0.25) is 0 Å². The molecule has 0 rings (SSSR count). The van der Waals surface area contributed by atoms with Crippen LogP contribution in [0.3, 0.4) is 0 Å². The molecule has 0 atom stereocenters. The van der Waals surface area contributed by atoms with E-state index in [2.05, 4.69) is 0 Å². The molecule has 0 fully saturated rings. The molecule has 0 heterocycles. The molecular formula is C13H19F3O2. The van der Waals surface area contributed by atoms with E-state index in [0.717, 1.165) is 6.08 Å². The number of alkyl halides is 3. The fourth-order valence-electron chi connectivity index (χ4n) is 0.654. The minimum atomic E-state index is -2.53. The average Bonchev–Trinajstić information content (AvgIpc) is 2.33. The van der Waals surface area contributed by atoms with Gasteiger partial charge in [-0.2, -0.15) is 0 Å². The number of allylic oxidation sites excluding steroid dienone is 4. The Morgan fingerprint density at radius 3 is 2.06 bits per heavy atom. The molecule has 0 aliphatic heterocycles. The zero-order chi connectivity index (χ0) is 14.6. The number of hydrogen-bond acceptors (Lipinski definition) is 2. The third-order valence-corrected chi connectivity index (χ3v) is 1.72. The zero-order valence-electron chi connectivity index (χ0n) is 10.8. The highest BCUT2D eigenvalue weighted by molar-refractivity contribution is 5.91. The highest BCUT2D eigenvalue weighted by Crippen LogP contribution is 1.98. The van der Waals surface area contributed by atoms with Crippen LogP contribution in [-0.2, 0) is 9.59 Å². The number of rotatable bonds is 6. The molecule has 0 saturated carbocycles. The number of halogens is 3. The summed E-state index contributed by atoms with van der Waals surface area (Å²) in [5.41, 5.74) is 0. The van der Waals surface area contributed by atoms with Gasteiger partial charge in [-0.05, 0) is 18.2 Å². The molecule has 18 heavy (non-hydrogen) atoms. The molecule has 5 heteroatoms. The maximum Gasteiger partial charge on any atom is 0.257 e. The van der Waals surface area contributed by atoms with E-state index in [1.165, 1.54) is 12.2 Å². The lowest BCUT2D eigenvalue weighted by molar-refractivity contribution is -0.117. The Balaban J connectivity index is 0. The van der Waals surface area contributed by atoms with Crippen LogP contribution in [0.25, 0.3) is 0 Å². The summed E-state index contributed by atoms with van der Waals surface area (Å²) in [6.07, 6.45) is 1.93. The van der Waals surface area contributed by atoms with Gasteiger partial charge in [0.1, 0.15) is 6.67 Å². The van der Waals surface area contributed by atoms with E-state index in [0.29, 0.717) is 12.5 Å². The number of ketones is 2. The molecule has 0 radical (unpaired) electrons. The normalized spacial score (nSPS) is 11.1. The van der Waals surface area contributed by atoms with E-state index >= 15 is 0 Å². The van der Waals surface area contributed by atoms with Gasteiger partial charge in [-0.15, -0.1) is 0 Å². The quantitative estimate of drug-likeness (QED) is 0.688. The van der Waals surface area contributed by atoms with Crippen LogP contribution in [0.2, 0.25) is 0 Å². The molecule has 0 N–H and O–H groups in total. The van der Waals surface area contributed by atoms with Crippen molar-refractivity contribution < 1.29 is 22.8 Å². The zero-order valence-corrected chi connectivity index (χ0v) is 10.8. The van der Waals surface area contributed by atoms with E-state index in [1.807, 2.05) is 0 Å². The van der Waals surface area contributed by atoms with Gasteiger partial charge >= 0.3 is 0 Å². The Kier molecular flexibility index (Phi) is 12.7. The Hall–Kier alpha value is -1.39. The molecule has 0 aromatic rings. The number of hydrogen-bond donors (Lipinski definition) is 0. The first-order valence-corrected chi connectivity index (χ1v) is 5.60. The Morgan fingerprint density at radius 1 is 1.17 bits per heavy atom. The van der Waals surface area contributed by atoms with E-state index in [-0.39, 0.29) is 17.5 Å². The van der Waals surface area contributed by atoms with Gasteiger partial charge in [0.15, 0.2) is 11.6 Å². The molecule has 0 bridgehead atoms. The van der Waals surface area contributed by atoms with Crippen molar-refractivity contribution in [2.75, 3.05) is 6.67 Å². The molecule has 0 aliphatic carbocycles. The molecule has 0 amide bonds. The molecule has 0 spiro atoms. The summed E-state index contributed by atoms with van der Waals surface area (Å²) in [5.74, 6) is -0.488. The fraction of sp³-hybridized carbons (Fsp3) is 0.538. The average molecular weight is 264 g/mol. The van der Waals surface area contributed by atoms with Crippen LogP contribution in [0.4, 0.5) is 13.2 Å². The summed E-state index contributed by atoms with van der Waals surface area (Å²) in [5, 5.41) is 0. The van der Waals surface area contributed by atoms with Crippen molar-refractivity contribution in [1.29, 1.82) is 0 Å². The number of carbonyl (C=O) groups excluding carboxylic acids is 2. The van der Waals surface area contributed by atoms with Crippen molar-refractivity contribution in [2.24, 2.45) is 5.92 Å². The molecule has 104 valence electrons. The third kappa shape index (κ3) is 14.6. The smallest absolute Gasteiger partial charge is 0.257 e. The highest BCUT2D eigenvalue weighted by Gasteiger charge is 2.02. The van der Waals surface area contributed by atoms with Crippen molar-refractivity contribution in [3.05, 3.63) is 24.3 Å². The van der Waals surface area contributed by atoms with E-state index in [4.69, 9.17) is 0 Å².